The van der Waals surface area contributed by atoms with E-state index in [0.717, 1.165) is 36.7 Å². The number of benzene rings is 2. The Morgan fingerprint density at radius 3 is 2.21 bits per heavy atom. The third-order valence-corrected chi connectivity index (χ3v) is 4.84. The third-order valence-electron chi connectivity index (χ3n) is 4.84. The molecule has 0 aliphatic carbocycles. The maximum Gasteiger partial charge on any atom is 0.126 e. The van der Waals surface area contributed by atoms with Gasteiger partial charge >= 0.3 is 0 Å². The lowest BCUT2D eigenvalue weighted by Gasteiger charge is -2.22. The Balaban J connectivity index is 1.85. The summed E-state index contributed by atoms with van der Waals surface area (Å²) in [4.78, 5) is 2.40. The summed E-state index contributed by atoms with van der Waals surface area (Å²) in [7, 11) is 3.37. The van der Waals surface area contributed by atoms with Crippen LogP contribution >= 0.6 is 0 Å². The zero-order valence-corrected chi connectivity index (χ0v) is 14.3. The van der Waals surface area contributed by atoms with Gasteiger partial charge in [-0.15, -0.1) is 0 Å². The van der Waals surface area contributed by atoms with E-state index in [1.807, 2.05) is 24.3 Å². The largest absolute Gasteiger partial charge is 0.496 e. The number of hydrogen-bond donors (Lipinski definition) is 1. The Hall–Kier alpha value is -2.04. The summed E-state index contributed by atoms with van der Waals surface area (Å²) in [6.45, 7) is 2.82. The highest BCUT2D eigenvalue weighted by Crippen LogP contribution is 2.42. The van der Waals surface area contributed by atoms with Gasteiger partial charge in [0.2, 0.25) is 0 Å². The molecule has 128 valence electrons. The Morgan fingerprint density at radius 1 is 0.958 bits per heavy atom. The molecule has 24 heavy (non-hydrogen) atoms. The van der Waals surface area contributed by atoms with Crippen molar-refractivity contribution in [3.8, 4) is 11.5 Å². The van der Waals surface area contributed by atoms with Crippen LogP contribution in [-0.2, 0) is 6.54 Å². The van der Waals surface area contributed by atoms with Crippen LogP contribution < -0.4 is 9.47 Å². The van der Waals surface area contributed by atoms with E-state index in [-0.39, 0.29) is 18.4 Å². The zero-order chi connectivity index (χ0) is 16.9. The molecule has 0 spiro atoms. The second kappa shape index (κ2) is 7.69. The highest BCUT2D eigenvalue weighted by molar-refractivity contribution is 5.48. The summed E-state index contributed by atoms with van der Waals surface area (Å²) < 4.78 is 11.1. The second-order valence-electron chi connectivity index (χ2n) is 6.31. The van der Waals surface area contributed by atoms with Gasteiger partial charge in [-0.3, -0.25) is 4.90 Å². The van der Waals surface area contributed by atoms with E-state index in [9.17, 15) is 5.11 Å². The monoisotopic (exact) mass is 327 g/mol. The van der Waals surface area contributed by atoms with Crippen LogP contribution in [0.25, 0.3) is 0 Å². The van der Waals surface area contributed by atoms with Crippen molar-refractivity contribution in [2.75, 3.05) is 33.9 Å². The summed E-state index contributed by atoms with van der Waals surface area (Å²) in [6.07, 6.45) is 0. The minimum atomic E-state index is 0.164. The molecule has 1 heterocycles. The first-order valence-corrected chi connectivity index (χ1v) is 8.34. The number of methoxy groups -OCH3 is 2. The minimum absolute atomic E-state index is 0.164. The van der Waals surface area contributed by atoms with Gasteiger partial charge in [-0.2, -0.15) is 0 Å². The molecule has 0 radical (unpaired) electrons. The number of nitrogens with zero attached hydrogens (tertiary/aromatic N) is 1. The first kappa shape index (κ1) is 16.8. The third kappa shape index (κ3) is 3.40. The molecule has 2 aromatic carbocycles. The normalized spacial score (nSPS) is 21.0. The van der Waals surface area contributed by atoms with E-state index in [4.69, 9.17) is 9.47 Å². The average molecular weight is 327 g/mol. The molecule has 2 atom stereocenters. The summed E-state index contributed by atoms with van der Waals surface area (Å²) in [5, 5.41) is 9.90. The summed E-state index contributed by atoms with van der Waals surface area (Å²) >= 11 is 0. The molecule has 0 aromatic heterocycles. The molecule has 1 fully saturated rings. The van der Waals surface area contributed by atoms with Crippen molar-refractivity contribution in [1.82, 2.24) is 4.90 Å². The molecule has 0 bridgehead atoms. The second-order valence-corrected chi connectivity index (χ2v) is 6.31. The minimum Gasteiger partial charge on any atom is -0.496 e. The van der Waals surface area contributed by atoms with E-state index in [0.29, 0.717) is 0 Å². The molecule has 0 amide bonds. The van der Waals surface area contributed by atoms with Crippen molar-refractivity contribution in [1.29, 1.82) is 0 Å². The fourth-order valence-electron chi connectivity index (χ4n) is 3.69. The number of aliphatic hydroxyl groups is 1. The van der Waals surface area contributed by atoms with Crippen molar-refractivity contribution < 1.29 is 14.6 Å². The van der Waals surface area contributed by atoms with E-state index in [1.54, 1.807) is 14.2 Å². The molecule has 1 N–H and O–H groups in total. The van der Waals surface area contributed by atoms with Gasteiger partial charge in [-0.25, -0.2) is 0 Å². The lowest BCUT2D eigenvalue weighted by atomic mass is 9.88. The molecule has 4 nitrogen and oxygen atoms in total. The quantitative estimate of drug-likeness (QED) is 0.886. The first-order chi connectivity index (χ1) is 11.8. The zero-order valence-electron chi connectivity index (χ0n) is 14.3. The van der Waals surface area contributed by atoms with Crippen molar-refractivity contribution in [2.24, 2.45) is 5.92 Å². The predicted octanol–water partition coefficient (Wildman–Crippen LogP) is 2.91. The van der Waals surface area contributed by atoms with Gasteiger partial charge in [0.15, 0.2) is 0 Å². The van der Waals surface area contributed by atoms with E-state index in [1.165, 1.54) is 5.56 Å². The lowest BCUT2D eigenvalue weighted by molar-refractivity contribution is 0.212. The summed E-state index contributed by atoms with van der Waals surface area (Å²) in [6, 6.07) is 16.3. The van der Waals surface area contributed by atoms with Gasteiger partial charge in [0, 0.05) is 43.6 Å². The van der Waals surface area contributed by atoms with Crippen molar-refractivity contribution >= 4 is 0 Å². The molecule has 0 unspecified atom stereocenters. The van der Waals surface area contributed by atoms with E-state index < -0.39 is 0 Å². The fourth-order valence-corrected chi connectivity index (χ4v) is 3.69. The highest BCUT2D eigenvalue weighted by atomic mass is 16.5. The standard InChI is InChI=1S/C20H25NO3/c1-23-18-9-6-10-19(24-2)20(18)17-13-21(12-16(17)14-22)11-15-7-4-3-5-8-15/h3-10,16-17,22H,11-14H2,1-2H3/t16-,17-/m1/s1. The van der Waals surface area contributed by atoms with Gasteiger partial charge < -0.3 is 14.6 Å². The van der Waals surface area contributed by atoms with Gasteiger partial charge in [-0.1, -0.05) is 36.4 Å². The van der Waals surface area contributed by atoms with Gasteiger partial charge in [0.25, 0.3) is 0 Å². The number of aliphatic hydroxyl groups excluding tert-OH is 1. The smallest absolute Gasteiger partial charge is 0.126 e. The lowest BCUT2D eigenvalue weighted by Crippen LogP contribution is -2.20. The van der Waals surface area contributed by atoms with Crippen molar-refractivity contribution in [3.63, 3.8) is 0 Å². The van der Waals surface area contributed by atoms with Crippen molar-refractivity contribution in [2.45, 2.75) is 12.5 Å². The molecule has 0 saturated carbocycles. The Morgan fingerprint density at radius 2 is 1.62 bits per heavy atom. The van der Waals surface area contributed by atoms with Crippen LogP contribution in [-0.4, -0.2) is 43.9 Å². The molecule has 1 aliphatic heterocycles. The Bertz CT molecular complexity index is 637. The molecular weight excluding hydrogens is 302 g/mol. The Kier molecular flexibility index (Phi) is 5.38. The van der Waals surface area contributed by atoms with Crippen LogP contribution in [0, 0.1) is 5.92 Å². The maximum absolute atomic E-state index is 9.90. The number of likely N-dealkylation sites (tertiary alicyclic amines) is 1. The maximum atomic E-state index is 9.90. The van der Waals surface area contributed by atoms with Crippen molar-refractivity contribution in [3.05, 3.63) is 59.7 Å². The summed E-state index contributed by atoms with van der Waals surface area (Å²) in [5.74, 6) is 2.04. The molecule has 4 heteroatoms. The van der Waals surface area contributed by atoms with Crippen LogP contribution in [0.3, 0.4) is 0 Å². The van der Waals surface area contributed by atoms with E-state index in [2.05, 4.69) is 29.2 Å². The molecular formula is C20H25NO3. The molecule has 2 aromatic rings. The van der Waals surface area contributed by atoms with Gasteiger partial charge in [0.1, 0.15) is 11.5 Å². The van der Waals surface area contributed by atoms with Crippen LogP contribution in [0.5, 0.6) is 11.5 Å². The number of hydrogen-bond acceptors (Lipinski definition) is 4. The van der Waals surface area contributed by atoms with E-state index >= 15 is 0 Å². The van der Waals surface area contributed by atoms with Crippen LogP contribution in [0.2, 0.25) is 0 Å². The van der Waals surface area contributed by atoms with Gasteiger partial charge in [-0.05, 0) is 17.7 Å². The SMILES string of the molecule is COc1cccc(OC)c1[C@@H]1CN(Cc2ccccc2)C[C@@H]1CO. The molecule has 1 saturated heterocycles. The Labute approximate surface area is 143 Å². The van der Waals surface area contributed by atoms with Crippen LogP contribution in [0.15, 0.2) is 48.5 Å². The van der Waals surface area contributed by atoms with Crippen LogP contribution in [0.1, 0.15) is 17.0 Å². The van der Waals surface area contributed by atoms with Gasteiger partial charge in [0.05, 0.1) is 14.2 Å². The molecule has 3 rings (SSSR count). The van der Waals surface area contributed by atoms with Crippen LogP contribution in [0.4, 0.5) is 0 Å². The fraction of sp³-hybridized carbons (Fsp3) is 0.400. The highest BCUT2D eigenvalue weighted by Gasteiger charge is 2.36. The summed E-state index contributed by atoms with van der Waals surface area (Å²) in [5.41, 5.74) is 2.36. The number of rotatable bonds is 6. The number of ether oxygens (including phenoxy) is 2. The average Bonchev–Trinajstić information content (AvgIpc) is 3.04. The molecule has 1 aliphatic rings. The predicted molar refractivity (Wildman–Crippen MR) is 94.6 cm³/mol. The first-order valence-electron chi connectivity index (χ1n) is 8.34. The topological polar surface area (TPSA) is 41.9 Å².